The van der Waals surface area contributed by atoms with Crippen molar-refractivity contribution in [3.63, 3.8) is 0 Å². The van der Waals surface area contributed by atoms with E-state index in [2.05, 4.69) is 0 Å². The minimum absolute atomic E-state index is 0.218. The Morgan fingerprint density at radius 1 is 1.45 bits per heavy atom. The molecule has 3 atom stereocenters. The summed E-state index contributed by atoms with van der Waals surface area (Å²) in [5.74, 6) is -0.883. The Morgan fingerprint density at radius 2 is 2.09 bits per heavy atom. The summed E-state index contributed by atoms with van der Waals surface area (Å²) in [6.45, 7) is 1.94. The lowest BCUT2D eigenvalue weighted by Gasteiger charge is -2.28. The number of hydrogen-bond acceptors (Lipinski definition) is 2. The van der Waals surface area contributed by atoms with Gasteiger partial charge >= 0.3 is 5.97 Å². The predicted octanol–water partition coefficient (Wildman–Crippen LogP) is 0.868. The second kappa shape index (κ2) is 3.22. The zero-order chi connectivity index (χ0) is 8.43. The van der Waals surface area contributed by atoms with Crippen LogP contribution in [-0.4, -0.2) is 22.3 Å². The Morgan fingerprint density at radius 3 is 2.55 bits per heavy atom. The van der Waals surface area contributed by atoms with Gasteiger partial charge in [-0.15, -0.1) is 0 Å². The van der Waals surface area contributed by atoms with Crippen LogP contribution in [0.15, 0.2) is 0 Å². The molecule has 1 aliphatic carbocycles. The molecule has 3 nitrogen and oxygen atoms in total. The van der Waals surface area contributed by atoms with Crippen LogP contribution in [0.2, 0.25) is 0 Å². The van der Waals surface area contributed by atoms with Crippen LogP contribution in [0, 0.1) is 11.8 Å². The van der Waals surface area contributed by atoms with E-state index in [4.69, 9.17) is 5.11 Å². The molecule has 2 N–H and O–H groups in total. The van der Waals surface area contributed by atoms with E-state index in [0.717, 1.165) is 12.8 Å². The van der Waals surface area contributed by atoms with Crippen molar-refractivity contribution in [2.45, 2.75) is 32.3 Å². The van der Waals surface area contributed by atoms with Gasteiger partial charge in [0, 0.05) is 0 Å². The van der Waals surface area contributed by atoms with E-state index in [0.29, 0.717) is 6.42 Å². The van der Waals surface area contributed by atoms with Gasteiger partial charge < -0.3 is 10.2 Å². The molecule has 0 unspecified atom stereocenters. The quantitative estimate of drug-likeness (QED) is 0.595. The van der Waals surface area contributed by atoms with Crippen LogP contribution < -0.4 is 0 Å². The normalized spacial score (nSPS) is 38.5. The molecule has 1 saturated carbocycles. The molecule has 0 aromatic heterocycles. The van der Waals surface area contributed by atoms with Gasteiger partial charge in [0.05, 0.1) is 12.0 Å². The van der Waals surface area contributed by atoms with Crippen molar-refractivity contribution in [3.8, 4) is 0 Å². The van der Waals surface area contributed by atoms with Crippen molar-refractivity contribution in [1.82, 2.24) is 0 Å². The third-order valence-corrected chi connectivity index (χ3v) is 2.49. The summed E-state index contributed by atoms with van der Waals surface area (Å²) in [4.78, 5) is 10.6. The molecule has 0 aliphatic heterocycles. The van der Waals surface area contributed by atoms with E-state index < -0.39 is 12.1 Å². The molecule has 64 valence electrons. The van der Waals surface area contributed by atoms with Crippen molar-refractivity contribution in [2.75, 3.05) is 0 Å². The Balaban J connectivity index is 2.54. The Hall–Kier alpha value is -0.570. The lowest BCUT2D eigenvalue weighted by Crippen LogP contribution is -2.31. The van der Waals surface area contributed by atoms with Gasteiger partial charge in [-0.05, 0) is 25.2 Å². The van der Waals surface area contributed by atoms with E-state index >= 15 is 0 Å². The molecule has 11 heavy (non-hydrogen) atoms. The third kappa shape index (κ3) is 1.93. The fraction of sp³-hybridized carbons (Fsp3) is 0.875. The lowest BCUT2D eigenvalue weighted by atomic mass is 9.79. The van der Waals surface area contributed by atoms with Crippen molar-refractivity contribution in [1.29, 1.82) is 0 Å². The fourth-order valence-electron chi connectivity index (χ4n) is 1.64. The molecule has 0 saturated heterocycles. The highest BCUT2D eigenvalue weighted by Crippen LogP contribution is 2.29. The van der Waals surface area contributed by atoms with Crippen molar-refractivity contribution in [2.24, 2.45) is 11.8 Å². The average molecular weight is 158 g/mol. The van der Waals surface area contributed by atoms with Crippen molar-refractivity contribution >= 4 is 5.97 Å². The maximum Gasteiger partial charge on any atom is 0.306 e. The number of hydrogen-bond donors (Lipinski definition) is 2. The second-order valence-corrected chi connectivity index (χ2v) is 3.39. The highest BCUT2D eigenvalue weighted by atomic mass is 16.4. The van der Waals surface area contributed by atoms with E-state index in [9.17, 15) is 9.90 Å². The standard InChI is InChI=1S/C8H14O3/c1-5-2-3-6(9)4-7(5)8(10)11/h5-7,9H,2-4H2,1H3,(H,10,11)/t5-,6-,7-/m1/s1. The Bertz CT molecular complexity index is 155. The van der Waals surface area contributed by atoms with Gasteiger partial charge in [0.2, 0.25) is 0 Å². The van der Waals surface area contributed by atoms with E-state index in [1.165, 1.54) is 0 Å². The lowest BCUT2D eigenvalue weighted by molar-refractivity contribution is -0.146. The summed E-state index contributed by atoms with van der Waals surface area (Å²) >= 11 is 0. The van der Waals surface area contributed by atoms with Crippen LogP contribution in [-0.2, 0) is 4.79 Å². The van der Waals surface area contributed by atoms with Gasteiger partial charge in [0.1, 0.15) is 0 Å². The molecule has 0 radical (unpaired) electrons. The summed E-state index contributed by atoms with van der Waals surface area (Å²) in [5, 5.41) is 17.9. The van der Waals surface area contributed by atoms with Crippen molar-refractivity contribution in [3.05, 3.63) is 0 Å². The number of carboxylic acid groups (broad SMARTS) is 1. The smallest absolute Gasteiger partial charge is 0.306 e. The molecule has 3 heteroatoms. The minimum atomic E-state index is -0.767. The van der Waals surface area contributed by atoms with Gasteiger partial charge in [-0.2, -0.15) is 0 Å². The minimum Gasteiger partial charge on any atom is -0.481 e. The van der Waals surface area contributed by atoms with E-state index in [-0.39, 0.29) is 11.8 Å². The molecular formula is C8H14O3. The van der Waals surface area contributed by atoms with Crippen molar-refractivity contribution < 1.29 is 15.0 Å². The van der Waals surface area contributed by atoms with Gasteiger partial charge in [0.15, 0.2) is 0 Å². The topological polar surface area (TPSA) is 57.5 Å². The molecule has 0 amide bonds. The maximum absolute atomic E-state index is 10.6. The zero-order valence-corrected chi connectivity index (χ0v) is 6.66. The summed E-state index contributed by atoms with van der Waals surface area (Å²) in [6, 6.07) is 0. The Labute approximate surface area is 66.0 Å². The second-order valence-electron chi connectivity index (χ2n) is 3.39. The molecular weight excluding hydrogens is 144 g/mol. The summed E-state index contributed by atoms with van der Waals surface area (Å²) in [6.07, 6.45) is 1.62. The SMILES string of the molecule is C[C@@H]1CC[C@@H](O)C[C@H]1C(=O)O. The average Bonchev–Trinajstić information content (AvgIpc) is 1.94. The molecule has 1 rings (SSSR count). The summed E-state index contributed by atoms with van der Waals surface area (Å²) in [7, 11) is 0. The van der Waals surface area contributed by atoms with Crippen LogP contribution in [0.1, 0.15) is 26.2 Å². The van der Waals surface area contributed by atoms with E-state index in [1.807, 2.05) is 6.92 Å². The highest BCUT2D eigenvalue weighted by molar-refractivity contribution is 5.70. The monoisotopic (exact) mass is 158 g/mol. The predicted molar refractivity (Wildman–Crippen MR) is 40.1 cm³/mol. The molecule has 0 bridgehead atoms. The first kappa shape index (κ1) is 8.53. The molecule has 0 aromatic rings. The Kier molecular flexibility index (Phi) is 2.49. The number of carboxylic acids is 1. The first-order valence-electron chi connectivity index (χ1n) is 4.02. The van der Waals surface area contributed by atoms with Crippen LogP contribution in [0.4, 0.5) is 0 Å². The number of rotatable bonds is 1. The molecule has 0 aromatic carbocycles. The highest BCUT2D eigenvalue weighted by Gasteiger charge is 2.31. The first-order valence-corrected chi connectivity index (χ1v) is 4.02. The molecule has 0 heterocycles. The van der Waals surface area contributed by atoms with Crippen LogP contribution >= 0.6 is 0 Å². The van der Waals surface area contributed by atoms with Crippen LogP contribution in [0.5, 0.6) is 0 Å². The number of carbonyl (C=O) groups is 1. The van der Waals surface area contributed by atoms with Gasteiger partial charge in [-0.25, -0.2) is 0 Å². The number of aliphatic carboxylic acids is 1. The maximum atomic E-state index is 10.6. The molecule has 1 aliphatic rings. The fourth-order valence-corrected chi connectivity index (χ4v) is 1.64. The number of aliphatic hydroxyl groups is 1. The summed E-state index contributed by atoms with van der Waals surface area (Å²) in [5.41, 5.74) is 0. The zero-order valence-electron chi connectivity index (χ0n) is 6.66. The third-order valence-electron chi connectivity index (χ3n) is 2.49. The van der Waals surface area contributed by atoms with E-state index in [1.54, 1.807) is 0 Å². The van der Waals surface area contributed by atoms with Gasteiger partial charge in [-0.3, -0.25) is 4.79 Å². The van der Waals surface area contributed by atoms with Crippen LogP contribution in [0.25, 0.3) is 0 Å². The number of aliphatic hydroxyl groups excluding tert-OH is 1. The van der Waals surface area contributed by atoms with Crippen LogP contribution in [0.3, 0.4) is 0 Å². The summed E-state index contributed by atoms with van der Waals surface area (Å²) < 4.78 is 0. The largest absolute Gasteiger partial charge is 0.481 e. The first-order chi connectivity index (χ1) is 5.11. The molecule has 1 fully saturated rings. The van der Waals surface area contributed by atoms with Gasteiger partial charge in [0.25, 0.3) is 0 Å². The van der Waals surface area contributed by atoms with Gasteiger partial charge in [-0.1, -0.05) is 6.92 Å². The molecule has 0 spiro atoms.